The van der Waals surface area contributed by atoms with Crippen molar-refractivity contribution in [2.24, 2.45) is 0 Å². The number of hydrogen-bond acceptors (Lipinski definition) is 2. The molecule has 4 nitrogen and oxygen atoms in total. The second kappa shape index (κ2) is 5.46. The molecule has 0 spiro atoms. The van der Waals surface area contributed by atoms with Crippen LogP contribution in [0.1, 0.15) is 15.9 Å². The maximum Gasteiger partial charge on any atom is 0.252 e. The quantitative estimate of drug-likeness (QED) is 0.774. The molecule has 0 fully saturated rings. The van der Waals surface area contributed by atoms with E-state index in [9.17, 15) is 4.79 Å². The van der Waals surface area contributed by atoms with Crippen molar-refractivity contribution >= 4 is 32.9 Å². The molecule has 0 saturated heterocycles. The van der Waals surface area contributed by atoms with E-state index in [1.165, 1.54) is 0 Å². The van der Waals surface area contributed by atoms with Crippen LogP contribution in [0.5, 0.6) is 0 Å². The van der Waals surface area contributed by atoms with E-state index < -0.39 is 0 Å². The molecule has 1 amide bonds. The van der Waals surface area contributed by atoms with Crippen molar-refractivity contribution in [2.75, 3.05) is 0 Å². The summed E-state index contributed by atoms with van der Waals surface area (Å²) >= 11 is 3.38. The number of aromatic nitrogens is 2. The molecule has 0 saturated carbocycles. The van der Waals surface area contributed by atoms with E-state index in [1.807, 2.05) is 36.4 Å². The van der Waals surface area contributed by atoms with Gasteiger partial charge in [0.25, 0.3) is 5.91 Å². The summed E-state index contributed by atoms with van der Waals surface area (Å²) in [6.07, 6.45) is 1.66. The molecule has 0 unspecified atom stereocenters. The number of nitrogens with zero attached hydrogens (tertiary/aromatic N) is 1. The van der Waals surface area contributed by atoms with Gasteiger partial charge in [0.1, 0.15) is 0 Å². The summed E-state index contributed by atoms with van der Waals surface area (Å²) in [6.45, 7) is 0.481. The fourth-order valence-corrected chi connectivity index (χ4v) is 2.48. The zero-order valence-corrected chi connectivity index (χ0v) is 12.1. The Morgan fingerprint density at radius 3 is 2.95 bits per heavy atom. The van der Waals surface area contributed by atoms with Crippen LogP contribution in [0.25, 0.3) is 11.0 Å². The van der Waals surface area contributed by atoms with Gasteiger partial charge in [0, 0.05) is 11.0 Å². The molecule has 2 N–H and O–H groups in total. The Kier molecular flexibility index (Phi) is 3.52. The van der Waals surface area contributed by atoms with Gasteiger partial charge < -0.3 is 10.3 Å². The van der Waals surface area contributed by atoms with Crippen LogP contribution in [0.15, 0.2) is 53.3 Å². The molecule has 0 atom stereocenters. The maximum atomic E-state index is 12.1. The lowest BCUT2D eigenvalue weighted by molar-refractivity contribution is 0.0950. The predicted molar refractivity (Wildman–Crippen MR) is 81.4 cm³/mol. The maximum absolute atomic E-state index is 12.1. The number of carbonyl (C=O) groups is 1. The van der Waals surface area contributed by atoms with Gasteiger partial charge in [-0.05, 0) is 45.8 Å². The van der Waals surface area contributed by atoms with Gasteiger partial charge in [-0.15, -0.1) is 0 Å². The number of amides is 1. The minimum atomic E-state index is -0.0952. The average Bonchev–Trinajstić information content (AvgIpc) is 2.92. The first kappa shape index (κ1) is 12.9. The van der Waals surface area contributed by atoms with Crippen molar-refractivity contribution in [2.45, 2.75) is 6.54 Å². The molecule has 5 heteroatoms. The number of nitrogens with one attached hydrogen (secondary N) is 2. The lowest BCUT2D eigenvalue weighted by Crippen LogP contribution is -2.23. The minimum Gasteiger partial charge on any atom is -0.348 e. The van der Waals surface area contributed by atoms with Crippen LogP contribution in [0, 0.1) is 0 Å². The summed E-state index contributed by atoms with van der Waals surface area (Å²) in [6, 6.07) is 13.3. The number of hydrogen-bond donors (Lipinski definition) is 2. The van der Waals surface area contributed by atoms with E-state index in [0.29, 0.717) is 12.1 Å². The van der Waals surface area contributed by atoms with Crippen LogP contribution in [0.4, 0.5) is 0 Å². The molecule has 3 aromatic rings. The molecule has 0 radical (unpaired) electrons. The van der Waals surface area contributed by atoms with Crippen molar-refractivity contribution in [3.8, 4) is 0 Å². The summed E-state index contributed by atoms with van der Waals surface area (Å²) in [4.78, 5) is 19.3. The Labute approximate surface area is 124 Å². The number of aromatic amines is 1. The summed E-state index contributed by atoms with van der Waals surface area (Å²) in [7, 11) is 0. The number of benzene rings is 2. The van der Waals surface area contributed by atoms with E-state index >= 15 is 0 Å². The molecule has 3 rings (SSSR count). The fourth-order valence-electron chi connectivity index (χ4n) is 2.02. The number of fused-ring (bicyclic) bond motifs is 1. The second-order valence-electron chi connectivity index (χ2n) is 4.42. The van der Waals surface area contributed by atoms with Crippen molar-refractivity contribution in [1.82, 2.24) is 15.3 Å². The van der Waals surface area contributed by atoms with Gasteiger partial charge in [0.15, 0.2) is 0 Å². The lowest BCUT2D eigenvalue weighted by atomic mass is 10.2. The molecular formula is C15H12BrN3O. The normalized spacial score (nSPS) is 10.7. The Morgan fingerprint density at radius 2 is 2.10 bits per heavy atom. The van der Waals surface area contributed by atoms with Gasteiger partial charge >= 0.3 is 0 Å². The van der Waals surface area contributed by atoms with E-state index in [2.05, 4.69) is 31.2 Å². The van der Waals surface area contributed by atoms with E-state index in [4.69, 9.17) is 0 Å². The highest BCUT2D eigenvalue weighted by Crippen LogP contribution is 2.16. The Bertz CT molecular complexity index is 766. The average molecular weight is 330 g/mol. The van der Waals surface area contributed by atoms with Crippen LogP contribution in [0.2, 0.25) is 0 Å². The molecular weight excluding hydrogens is 318 g/mol. The van der Waals surface area contributed by atoms with Crippen molar-refractivity contribution in [1.29, 1.82) is 0 Å². The van der Waals surface area contributed by atoms with Gasteiger partial charge in [-0.2, -0.15) is 0 Å². The zero-order chi connectivity index (χ0) is 13.9. The first-order valence-corrected chi connectivity index (χ1v) is 6.98. The first-order valence-electron chi connectivity index (χ1n) is 6.19. The smallest absolute Gasteiger partial charge is 0.252 e. The third kappa shape index (κ3) is 2.58. The number of imidazole rings is 1. The number of carbonyl (C=O) groups excluding carboxylic acids is 1. The monoisotopic (exact) mass is 329 g/mol. The van der Waals surface area contributed by atoms with E-state index in [1.54, 1.807) is 12.4 Å². The van der Waals surface area contributed by atoms with Gasteiger partial charge in [0.05, 0.1) is 22.9 Å². The summed E-state index contributed by atoms with van der Waals surface area (Å²) in [5.41, 5.74) is 3.56. The Hall–Kier alpha value is -2.14. The minimum absolute atomic E-state index is 0.0952. The lowest BCUT2D eigenvalue weighted by Gasteiger charge is -2.07. The van der Waals surface area contributed by atoms with Crippen LogP contribution in [-0.4, -0.2) is 15.9 Å². The van der Waals surface area contributed by atoms with E-state index in [-0.39, 0.29) is 5.91 Å². The molecule has 1 aromatic heterocycles. The van der Waals surface area contributed by atoms with Gasteiger partial charge in [0.2, 0.25) is 0 Å². The molecule has 1 heterocycles. The Morgan fingerprint density at radius 1 is 1.25 bits per heavy atom. The molecule has 0 aliphatic heterocycles. The number of halogens is 1. The first-order chi connectivity index (χ1) is 9.74. The van der Waals surface area contributed by atoms with Crippen LogP contribution in [0.3, 0.4) is 0 Å². The molecule has 0 aliphatic carbocycles. The molecule has 0 aliphatic rings. The van der Waals surface area contributed by atoms with Crippen molar-refractivity contribution in [3.05, 3.63) is 64.4 Å². The zero-order valence-electron chi connectivity index (χ0n) is 10.6. The summed E-state index contributed by atoms with van der Waals surface area (Å²) in [5, 5.41) is 2.91. The van der Waals surface area contributed by atoms with Crippen LogP contribution >= 0.6 is 15.9 Å². The fraction of sp³-hybridized carbons (Fsp3) is 0.0667. The van der Waals surface area contributed by atoms with Crippen LogP contribution < -0.4 is 5.32 Å². The molecule has 20 heavy (non-hydrogen) atoms. The highest BCUT2D eigenvalue weighted by molar-refractivity contribution is 9.10. The van der Waals surface area contributed by atoms with Gasteiger partial charge in [-0.3, -0.25) is 4.79 Å². The summed E-state index contributed by atoms with van der Waals surface area (Å²) in [5.74, 6) is -0.0952. The van der Waals surface area contributed by atoms with Gasteiger partial charge in [-0.1, -0.05) is 18.2 Å². The van der Waals surface area contributed by atoms with Crippen LogP contribution in [-0.2, 0) is 6.54 Å². The Balaban J connectivity index is 1.73. The predicted octanol–water partition coefficient (Wildman–Crippen LogP) is 3.26. The largest absolute Gasteiger partial charge is 0.348 e. The molecule has 100 valence electrons. The molecule has 2 aromatic carbocycles. The van der Waals surface area contributed by atoms with Gasteiger partial charge in [-0.25, -0.2) is 4.98 Å². The topological polar surface area (TPSA) is 57.8 Å². The van der Waals surface area contributed by atoms with Crippen molar-refractivity contribution in [3.63, 3.8) is 0 Å². The standard InChI is InChI=1S/C15H12BrN3O/c16-12-4-2-1-3-11(12)15(20)17-8-10-5-6-13-14(7-10)19-9-18-13/h1-7,9H,8H2,(H,17,20)(H,18,19). The van der Waals surface area contributed by atoms with E-state index in [0.717, 1.165) is 21.1 Å². The van der Waals surface area contributed by atoms with Crippen molar-refractivity contribution < 1.29 is 4.79 Å². The third-order valence-corrected chi connectivity index (χ3v) is 3.75. The summed E-state index contributed by atoms with van der Waals surface area (Å²) < 4.78 is 0.793. The SMILES string of the molecule is O=C(NCc1ccc2nc[nH]c2c1)c1ccccc1Br. The highest BCUT2D eigenvalue weighted by Gasteiger charge is 2.08. The second-order valence-corrected chi connectivity index (χ2v) is 5.27. The molecule has 0 bridgehead atoms. The highest BCUT2D eigenvalue weighted by atomic mass is 79.9. The number of H-pyrrole nitrogens is 1. The third-order valence-electron chi connectivity index (χ3n) is 3.06. The number of rotatable bonds is 3.